The summed E-state index contributed by atoms with van der Waals surface area (Å²) in [6.45, 7) is 10.8. The molecule has 5 atom stereocenters. The highest BCUT2D eigenvalue weighted by atomic mass is 31.1. The first-order valence-corrected chi connectivity index (χ1v) is 15.5. The van der Waals surface area contributed by atoms with Crippen LogP contribution in [0.15, 0.2) is 12.5 Å². The van der Waals surface area contributed by atoms with Crippen molar-refractivity contribution in [1.82, 2.24) is 14.5 Å². The SMILES string of the molecule is CC(C)(C)[Si](C)(C)O[C@@H]1[C@H](O[PH](=O)O)[C@@H](CO)O[C@H]1n1cc2c3c(ncnc31)OCCCC2. The Bertz CT molecular complexity index is 1030. The molecule has 10 nitrogen and oxygen atoms in total. The fourth-order valence-corrected chi connectivity index (χ4v) is 5.99. The van der Waals surface area contributed by atoms with Crippen molar-refractivity contribution < 1.29 is 33.0 Å². The van der Waals surface area contributed by atoms with Crippen LogP contribution in [0, 0.1) is 0 Å². The molecule has 0 amide bonds. The minimum Gasteiger partial charge on any atom is -0.477 e. The number of nitrogens with zero attached hydrogens (tertiary/aromatic N) is 3. The van der Waals surface area contributed by atoms with Gasteiger partial charge in [0.25, 0.3) is 0 Å². The van der Waals surface area contributed by atoms with E-state index in [9.17, 15) is 14.6 Å². The molecule has 1 unspecified atom stereocenters. The molecule has 4 rings (SSSR count). The van der Waals surface area contributed by atoms with Crippen LogP contribution >= 0.6 is 8.25 Å². The third-order valence-corrected chi connectivity index (χ3v) is 11.9. The van der Waals surface area contributed by atoms with E-state index in [4.69, 9.17) is 18.4 Å². The summed E-state index contributed by atoms with van der Waals surface area (Å²) < 4.78 is 37.8. The van der Waals surface area contributed by atoms with Crippen LogP contribution < -0.4 is 4.74 Å². The van der Waals surface area contributed by atoms with Crippen molar-refractivity contribution in [3.8, 4) is 5.88 Å². The Morgan fingerprint density at radius 3 is 2.70 bits per heavy atom. The Balaban J connectivity index is 1.82. The van der Waals surface area contributed by atoms with Gasteiger partial charge in [0.1, 0.15) is 30.3 Å². The van der Waals surface area contributed by atoms with Gasteiger partial charge in [0.05, 0.1) is 18.6 Å². The van der Waals surface area contributed by atoms with E-state index in [1.165, 1.54) is 6.33 Å². The van der Waals surface area contributed by atoms with Gasteiger partial charge in [-0.05, 0) is 43.0 Å². The quantitative estimate of drug-likeness (QED) is 0.455. The van der Waals surface area contributed by atoms with Crippen molar-refractivity contribution in [3.63, 3.8) is 0 Å². The molecule has 2 aromatic rings. The number of hydrogen-bond donors (Lipinski definition) is 2. The summed E-state index contributed by atoms with van der Waals surface area (Å²) in [5.74, 6) is 0.542. The van der Waals surface area contributed by atoms with E-state index in [0.29, 0.717) is 18.1 Å². The van der Waals surface area contributed by atoms with E-state index < -0.39 is 41.1 Å². The van der Waals surface area contributed by atoms with Gasteiger partial charge in [0.2, 0.25) is 5.88 Å². The van der Waals surface area contributed by atoms with Crippen LogP contribution in [-0.4, -0.2) is 64.4 Å². The van der Waals surface area contributed by atoms with E-state index in [1.54, 1.807) is 0 Å². The van der Waals surface area contributed by atoms with Crippen LogP contribution in [0.3, 0.4) is 0 Å². The molecule has 0 bridgehead atoms. The molecule has 1 saturated heterocycles. The summed E-state index contributed by atoms with van der Waals surface area (Å²) in [5, 5.41) is 10.7. The molecule has 0 aliphatic carbocycles. The predicted molar refractivity (Wildman–Crippen MR) is 125 cm³/mol. The summed E-state index contributed by atoms with van der Waals surface area (Å²) in [4.78, 5) is 18.4. The highest BCUT2D eigenvalue weighted by Crippen LogP contribution is 2.45. The summed E-state index contributed by atoms with van der Waals surface area (Å²) in [7, 11) is -5.64. The first kappa shape index (κ1) is 24.8. The van der Waals surface area contributed by atoms with E-state index in [-0.39, 0.29) is 11.6 Å². The van der Waals surface area contributed by atoms with Crippen molar-refractivity contribution in [3.05, 3.63) is 18.1 Å². The van der Waals surface area contributed by atoms with Crippen LogP contribution in [0.25, 0.3) is 11.0 Å². The molecule has 2 aliphatic rings. The van der Waals surface area contributed by atoms with Crippen molar-refractivity contribution in [1.29, 1.82) is 0 Å². The summed E-state index contributed by atoms with van der Waals surface area (Å²) in [6.07, 6.45) is 3.05. The largest absolute Gasteiger partial charge is 0.477 e. The zero-order valence-electron chi connectivity index (χ0n) is 19.8. The van der Waals surface area contributed by atoms with E-state index >= 15 is 0 Å². The molecule has 0 spiro atoms. The zero-order valence-corrected chi connectivity index (χ0v) is 21.8. The van der Waals surface area contributed by atoms with E-state index in [1.807, 2.05) is 10.8 Å². The average Bonchev–Trinajstić information content (AvgIpc) is 3.23. The monoisotopic (exact) mass is 499 g/mol. The molecule has 2 aliphatic heterocycles. The fraction of sp³-hybridized carbons (Fsp3) is 0.714. The highest BCUT2D eigenvalue weighted by molar-refractivity contribution is 7.32. The highest BCUT2D eigenvalue weighted by Gasteiger charge is 2.52. The second-order valence-corrected chi connectivity index (χ2v) is 15.7. The first-order valence-electron chi connectivity index (χ1n) is 11.3. The maximum atomic E-state index is 11.7. The van der Waals surface area contributed by atoms with Gasteiger partial charge in [0, 0.05) is 6.20 Å². The molecule has 0 radical (unpaired) electrons. The zero-order chi connectivity index (χ0) is 24.0. The number of ether oxygens (including phenoxy) is 2. The van der Waals surface area contributed by atoms with Gasteiger partial charge < -0.3 is 33.0 Å². The number of aryl methyl sites for hydroxylation is 1. The molecule has 184 valence electrons. The Hall–Kier alpha value is -1.33. The molecule has 0 saturated carbocycles. The number of hydrogen-bond acceptors (Lipinski definition) is 8. The minimum absolute atomic E-state index is 0.115. The smallest absolute Gasteiger partial charge is 0.317 e. The minimum atomic E-state index is -3.29. The molecule has 0 aromatic carbocycles. The van der Waals surface area contributed by atoms with Crippen LogP contribution in [0.1, 0.15) is 45.4 Å². The topological polar surface area (TPSA) is 125 Å². The number of aliphatic hydroxyl groups is 1. The summed E-state index contributed by atoms with van der Waals surface area (Å²) in [6, 6.07) is 0. The lowest BCUT2D eigenvalue weighted by molar-refractivity contribution is -0.0485. The molecule has 2 N–H and O–H groups in total. The molecule has 4 heterocycles. The van der Waals surface area contributed by atoms with Crippen molar-refractivity contribution in [2.24, 2.45) is 0 Å². The summed E-state index contributed by atoms with van der Waals surface area (Å²) >= 11 is 0. The van der Waals surface area contributed by atoms with Crippen molar-refractivity contribution in [2.75, 3.05) is 13.2 Å². The first-order chi connectivity index (χ1) is 15.5. The third kappa shape index (κ3) is 4.77. The Kier molecular flexibility index (Phi) is 7.04. The van der Waals surface area contributed by atoms with Crippen molar-refractivity contribution >= 4 is 27.6 Å². The lowest BCUT2D eigenvalue weighted by Gasteiger charge is -2.40. The van der Waals surface area contributed by atoms with Gasteiger partial charge in [0.15, 0.2) is 14.5 Å². The third-order valence-electron chi connectivity index (χ3n) is 6.95. The van der Waals surface area contributed by atoms with E-state index in [0.717, 1.165) is 30.2 Å². The number of rotatable bonds is 6. The average molecular weight is 500 g/mol. The lowest BCUT2D eigenvalue weighted by atomic mass is 10.1. The van der Waals surface area contributed by atoms with Crippen LogP contribution in [0.4, 0.5) is 0 Å². The normalized spacial score (nSPS) is 27.2. The molecule has 33 heavy (non-hydrogen) atoms. The maximum Gasteiger partial charge on any atom is 0.317 e. The van der Waals surface area contributed by atoms with Crippen molar-refractivity contribution in [2.45, 2.75) is 82.7 Å². The summed E-state index contributed by atoms with van der Waals surface area (Å²) in [5.41, 5.74) is 1.69. The molecule has 1 fully saturated rings. The fourth-order valence-electron chi connectivity index (χ4n) is 4.19. The van der Waals surface area contributed by atoms with E-state index in [2.05, 4.69) is 43.8 Å². The standard InChI is InChI=1S/C21H34N3O7PSi/c1-21(2,3)33(4,5)31-17-16(30-32(26)27)14(11-25)29-20(17)24-10-13-8-6-7-9-28-19-15(13)18(24)22-12-23-19/h10,12,14,16-17,20,25,32H,6-9,11H2,1-5H3,(H,26,27)/t14-,16-,17-,20-/m1/s1. The van der Waals surface area contributed by atoms with Crippen LogP contribution in [0.2, 0.25) is 18.1 Å². The molecular formula is C21H34N3O7PSi. The number of aromatic nitrogens is 3. The van der Waals surface area contributed by atoms with Gasteiger partial charge in [-0.2, -0.15) is 0 Å². The molecular weight excluding hydrogens is 465 g/mol. The molecule has 12 heteroatoms. The van der Waals surface area contributed by atoms with Gasteiger partial charge >= 0.3 is 8.25 Å². The van der Waals surface area contributed by atoms with Gasteiger partial charge in [-0.15, -0.1) is 0 Å². The van der Waals surface area contributed by atoms with Gasteiger partial charge in [-0.25, -0.2) is 9.97 Å². The predicted octanol–water partition coefficient (Wildman–Crippen LogP) is 3.19. The Morgan fingerprint density at radius 1 is 1.27 bits per heavy atom. The van der Waals surface area contributed by atoms with Gasteiger partial charge in [-0.3, -0.25) is 4.57 Å². The Labute approximate surface area is 195 Å². The van der Waals surface area contributed by atoms with Crippen LogP contribution in [0.5, 0.6) is 5.88 Å². The molecule has 2 aromatic heterocycles. The van der Waals surface area contributed by atoms with Gasteiger partial charge in [-0.1, -0.05) is 20.8 Å². The van der Waals surface area contributed by atoms with Crippen LogP contribution in [-0.2, 0) is 24.7 Å². The second-order valence-electron chi connectivity index (χ2n) is 10.2. The maximum absolute atomic E-state index is 11.7. The lowest BCUT2D eigenvalue weighted by Crippen LogP contribution is -2.49. The Morgan fingerprint density at radius 2 is 2.03 bits per heavy atom. The number of aliphatic hydroxyl groups excluding tert-OH is 1. The second kappa shape index (κ2) is 9.37.